The van der Waals surface area contributed by atoms with Crippen molar-refractivity contribution in [3.8, 4) is 11.3 Å². The van der Waals surface area contributed by atoms with Gasteiger partial charge in [0.05, 0.1) is 23.1 Å². The number of thiophene rings is 1. The SMILES string of the molecule is CC(C)c1ncc2c(CCCc3c[nH]c4ccccc34)nc(-c3csc4ccccc34)cn12. The Hall–Kier alpha value is -3.44. The fraction of sp³-hybridized carbons (Fsp3) is 0.214. The molecular weight excluding hydrogens is 424 g/mol. The Morgan fingerprint density at radius 2 is 1.82 bits per heavy atom. The third-order valence-electron chi connectivity index (χ3n) is 6.44. The summed E-state index contributed by atoms with van der Waals surface area (Å²) in [5.41, 5.74) is 7.07. The summed E-state index contributed by atoms with van der Waals surface area (Å²) in [5, 5.41) is 4.83. The molecule has 1 N–H and O–H groups in total. The first-order valence-corrected chi connectivity index (χ1v) is 12.5. The number of nitrogens with zero attached hydrogens (tertiary/aromatic N) is 3. The smallest absolute Gasteiger partial charge is 0.115 e. The van der Waals surface area contributed by atoms with Gasteiger partial charge in [0.1, 0.15) is 5.82 Å². The second kappa shape index (κ2) is 8.16. The summed E-state index contributed by atoms with van der Waals surface area (Å²) < 4.78 is 3.56. The Kier molecular flexibility index (Phi) is 4.99. The molecule has 0 atom stereocenters. The second-order valence-electron chi connectivity index (χ2n) is 8.96. The first-order chi connectivity index (χ1) is 16.2. The Balaban J connectivity index is 1.38. The predicted molar refractivity (Wildman–Crippen MR) is 138 cm³/mol. The number of nitrogens with one attached hydrogen (secondary N) is 1. The quantitative estimate of drug-likeness (QED) is 0.287. The van der Waals surface area contributed by atoms with Gasteiger partial charge in [-0.1, -0.05) is 50.2 Å². The lowest BCUT2D eigenvalue weighted by atomic mass is 10.1. The maximum absolute atomic E-state index is 5.19. The van der Waals surface area contributed by atoms with Gasteiger partial charge in [0.2, 0.25) is 0 Å². The molecule has 0 aliphatic heterocycles. The lowest BCUT2D eigenvalue weighted by Crippen LogP contribution is -2.03. The number of para-hydroxylation sites is 1. The molecular formula is C28H26N4S. The van der Waals surface area contributed by atoms with E-state index in [1.807, 2.05) is 6.20 Å². The van der Waals surface area contributed by atoms with Gasteiger partial charge in [-0.15, -0.1) is 11.3 Å². The van der Waals surface area contributed by atoms with Crippen molar-refractivity contribution in [1.82, 2.24) is 19.4 Å². The molecule has 0 saturated heterocycles. The zero-order valence-electron chi connectivity index (χ0n) is 18.9. The van der Waals surface area contributed by atoms with Crippen LogP contribution in [-0.2, 0) is 12.8 Å². The zero-order valence-corrected chi connectivity index (χ0v) is 19.7. The van der Waals surface area contributed by atoms with Crippen molar-refractivity contribution in [2.75, 3.05) is 0 Å². The number of rotatable bonds is 6. The van der Waals surface area contributed by atoms with E-state index < -0.39 is 0 Å². The van der Waals surface area contributed by atoms with Crippen LogP contribution < -0.4 is 0 Å². The normalized spacial score (nSPS) is 12.0. The highest BCUT2D eigenvalue weighted by Gasteiger charge is 2.16. The van der Waals surface area contributed by atoms with Crippen molar-refractivity contribution in [3.63, 3.8) is 0 Å². The van der Waals surface area contributed by atoms with Gasteiger partial charge in [-0.05, 0) is 37.0 Å². The molecule has 164 valence electrons. The van der Waals surface area contributed by atoms with Crippen molar-refractivity contribution in [2.24, 2.45) is 0 Å². The largest absolute Gasteiger partial charge is 0.361 e. The van der Waals surface area contributed by atoms with E-state index >= 15 is 0 Å². The minimum absolute atomic E-state index is 0.348. The van der Waals surface area contributed by atoms with E-state index in [0.717, 1.165) is 42.0 Å². The molecule has 4 nitrogen and oxygen atoms in total. The van der Waals surface area contributed by atoms with Gasteiger partial charge in [-0.2, -0.15) is 0 Å². The highest BCUT2D eigenvalue weighted by Crippen LogP contribution is 2.34. The number of fused-ring (bicyclic) bond motifs is 3. The van der Waals surface area contributed by atoms with Crippen LogP contribution in [0.2, 0.25) is 0 Å². The van der Waals surface area contributed by atoms with Crippen LogP contribution in [0.25, 0.3) is 37.8 Å². The van der Waals surface area contributed by atoms with Crippen molar-refractivity contribution >= 4 is 37.8 Å². The van der Waals surface area contributed by atoms with Gasteiger partial charge in [-0.3, -0.25) is 4.40 Å². The van der Waals surface area contributed by atoms with Gasteiger partial charge >= 0.3 is 0 Å². The van der Waals surface area contributed by atoms with E-state index in [1.165, 1.54) is 32.1 Å². The Morgan fingerprint density at radius 1 is 1.00 bits per heavy atom. The molecule has 0 bridgehead atoms. The molecule has 0 aliphatic rings. The topological polar surface area (TPSA) is 46.0 Å². The van der Waals surface area contributed by atoms with Gasteiger partial charge < -0.3 is 4.98 Å². The van der Waals surface area contributed by atoms with E-state index in [0.29, 0.717) is 5.92 Å². The molecule has 0 unspecified atom stereocenters. The molecule has 2 aromatic carbocycles. The second-order valence-corrected chi connectivity index (χ2v) is 9.87. The Labute approximate surface area is 197 Å². The molecule has 0 amide bonds. The van der Waals surface area contributed by atoms with Gasteiger partial charge in [0.15, 0.2) is 0 Å². The summed E-state index contributed by atoms with van der Waals surface area (Å²) in [6.45, 7) is 4.40. The van der Waals surface area contributed by atoms with E-state index in [4.69, 9.17) is 9.97 Å². The Morgan fingerprint density at radius 3 is 2.70 bits per heavy atom. The van der Waals surface area contributed by atoms with Crippen LogP contribution in [0.4, 0.5) is 0 Å². The molecule has 5 heteroatoms. The molecule has 0 fully saturated rings. The van der Waals surface area contributed by atoms with E-state index in [2.05, 4.69) is 89.5 Å². The number of aromatic nitrogens is 4. The highest BCUT2D eigenvalue weighted by atomic mass is 32.1. The third-order valence-corrected chi connectivity index (χ3v) is 7.40. The van der Waals surface area contributed by atoms with Gasteiger partial charge in [0.25, 0.3) is 0 Å². The molecule has 0 saturated carbocycles. The van der Waals surface area contributed by atoms with E-state index in [1.54, 1.807) is 11.3 Å². The molecule has 0 aliphatic carbocycles. The summed E-state index contributed by atoms with van der Waals surface area (Å²) in [4.78, 5) is 13.3. The van der Waals surface area contributed by atoms with Crippen LogP contribution in [-0.4, -0.2) is 19.4 Å². The summed E-state index contributed by atoms with van der Waals surface area (Å²) in [7, 11) is 0. The van der Waals surface area contributed by atoms with Crippen molar-refractivity contribution in [2.45, 2.75) is 39.0 Å². The number of benzene rings is 2. The fourth-order valence-electron chi connectivity index (χ4n) is 4.78. The average Bonchev–Trinajstić information content (AvgIpc) is 3.55. The Bertz CT molecular complexity index is 1580. The van der Waals surface area contributed by atoms with Crippen molar-refractivity contribution in [3.05, 3.63) is 89.6 Å². The third kappa shape index (κ3) is 3.53. The van der Waals surface area contributed by atoms with Crippen molar-refractivity contribution < 1.29 is 0 Å². The summed E-state index contributed by atoms with van der Waals surface area (Å²) in [5.74, 6) is 1.44. The maximum atomic E-state index is 5.19. The van der Waals surface area contributed by atoms with Gasteiger partial charge in [0, 0.05) is 50.2 Å². The molecule has 6 rings (SSSR count). The lowest BCUT2D eigenvalue weighted by molar-refractivity contribution is 0.761. The molecule has 6 aromatic rings. The number of H-pyrrole nitrogens is 1. The van der Waals surface area contributed by atoms with Crippen LogP contribution in [0.15, 0.2) is 72.5 Å². The van der Waals surface area contributed by atoms with Gasteiger partial charge in [-0.25, -0.2) is 9.97 Å². The zero-order chi connectivity index (χ0) is 22.4. The standard InChI is InChI=1S/C28H26N4S/c1-18(2)28-30-15-26-24(12-7-8-19-14-29-23-11-5-3-9-20(19)23)31-25(16-32(26)28)22-17-33-27-13-6-4-10-21(22)27/h3-6,9-11,13-18,29H,7-8,12H2,1-2H3. The first-order valence-electron chi connectivity index (χ1n) is 11.6. The number of hydrogen-bond acceptors (Lipinski definition) is 3. The monoisotopic (exact) mass is 450 g/mol. The molecule has 4 aromatic heterocycles. The summed E-state index contributed by atoms with van der Waals surface area (Å²) in [6, 6.07) is 17.1. The predicted octanol–water partition coefficient (Wildman–Crippen LogP) is 7.39. The molecule has 33 heavy (non-hydrogen) atoms. The number of imidazole rings is 1. The minimum Gasteiger partial charge on any atom is -0.361 e. The highest BCUT2D eigenvalue weighted by molar-refractivity contribution is 7.17. The van der Waals surface area contributed by atoms with Crippen LogP contribution in [0.5, 0.6) is 0 Å². The van der Waals surface area contributed by atoms with Crippen LogP contribution >= 0.6 is 11.3 Å². The maximum Gasteiger partial charge on any atom is 0.115 e. The molecule has 4 heterocycles. The van der Waals surface area contributed by atoms with E-state index in [-0.39, 0.29) is 0 Å². The number of hydrogen-bond donors (Lipinski definition) is 1. The first kappa shape index (κ1) is 20.2. The van der Waals surface area contributed by atoms with Crippen LogP contribution in [0.1, 0.15) is 43.3 Å². The minimum atomic E-state index is 0.348. The fourth-order valence-corrected chi connectivity index (χ4v) is 5.73. The van der Waals surface area contributed by atoms with Crippen LogP contribution in [0.3, 0.4) is 0 Å². The van der Waals surface area contributed by atoms with Crippen LogP contribution in [0, 0.1) is 0 Å². The average molecular weight is 451 g/mol. The van der Waals surface area contributed by atoms with Crippen molar-refractivity contribution in [1.29, 1.82) is 0 Å². The number of aryl methyl sites for hydroxylation is 2. The molecule has 0 radical (unpaired) electrons. The van der Waals surface area contributed by atoms with E-state index in [9.17, 15) is 0 Å². The summed E-state index contributed by atoms with van der Waals surface area (Å²) in [6.07, 6.45) is 9.31. The number of aromatic amines is 1. The molecule has 0 spiro atoms. The lowest BCUT2D eigenvalue weighted by Gasteiger charge is -2.11. The summed E-state index contributed by atoms with van der Waals surface area (Å²) >= 11 is 1.78.